The highest BCUT2D eigenvalue weighted by Gasteiger charge is 2.30. The van der Waals surface area contributed by atoms with E-state index in [9.17, 15) is 4.79 Å². The predicted molar refractivity (Wildman–Crippen MR) is 74.4 cm³/mol. The van der Waals surface area contributed by atoms with Gasteiger partial charge in [-0.25, -0.2) is 0 Å². The lowest BCUT2D eigenvalue weighted by Gasteiger charge is -2.21. The van der Waals surface area contributed by atoms with Gasteiger partial charge in [-0.3, -0.25) is 4.79 Å². The number of hydrogen-bond donors (Lipinski definition) is 1. The number of benzene rings is 1. The Hall–Kier alpha value is -1.39. The molecule has 2 N–H and O–H groups in total. The lowest BCUT2D eigenvalue weighted by atomic mass is 10.1. The summed E-state index contributed by atoms with van der Waals surface area (Å²) < 4.78 is 5.61. The molecule has 2 atom stereocenters. The van der Waals surface area contributed by atoms with Crippen LogP contribution in [0.4, 0.5) is 0 Å². The first-order valence-electron chi connectivity index (χ1n) is 6.78. The van der Waals surface area contributed by atoms with E-state index in [1.165, 1.54) is 0 Å². The van der Waals surface area contributed by atoms with Gasteiger partial charge in [-0.2, -0.15) is 0 Å². The lowest BCUT2D eigenvalue weighted by molar-refractivity contribution is -0.141. The lowest BCUT2D eigenvalue weighted by Crippen LogP contribution is -2.35. The molecule has 1 aliphatic heterocycles. The van der Waals surface area contributed by atoms with Gasteiger partial charge in [-0.05, 0) is 30.9 Å². The molecule has 104 valence electrons. The molecule has 0 saturated carbocycles. The monoisotopic (exact) mass is 262 g/mol. The minimum Gasteiger partial charge on any atom is -0.365 e. The van der Waals surface area contributed by atoms with Crippen molar-refractivity contribution in [3.63, 3.8) is 0 Å². The normalized spacial score (nSPS) is 22.5. The molecular weight excluding hydrogens is 240 g/mol. The minimum absolute atomic E-state index is 0.0762. The summed E-state index contributed by atoms with van der Waals surface area (Å²) in [4.78, 5) is 13.9. The maximum Gasteiger partial charge on any atom is 0.251 e. The second-order valence-corrected chi connectivity index (χ2v) is 5.23. The van der Waals surface area contributed by atoms with Crippen LogP contribution in [0.3, 0.4) is 0 Å². The summed E-state index contributed by atoms with van der Waals surface area (Å²) in [6.45, 7) is 3.17. The standard InChI is InChI=1S/C15H22N2O2/c1-11-3-8-14(19-11)15(18)17(2)10-13-6-4-12(9-16)5-7-13/h4-7,11,14H,3,8-10,16H2,1-2H3. The van der Waals surface area contributed by atoms with Crippen molar-refractivity contribution in [2.45, 2.75) is 45.1 Å². The third kappa shape index (κ3) is 3.55. The van der Waals surface area contributed by atoms with Crippen molar-refractivity contribution in [3.8, 4) is 0 Å². The molecule has 0 spiro atoms. The number of hydrogen-bond acceptors (Lipinski definition) is 3. The van der Waals surface area contributed by atoms with Crippen LogP contribution in [0.5, 0.6) is 0 Å². The van der Waals surface area contributed by atoms with Gasteiger partial charge in [0.1, 0.15) is 6.10 Å². The molecule has 4 heteroatoms. The molecule has 1 aromatic rings. The fourth-order valence-electron chi connectivity index (χ4n) is 2.36. The van der Waals surface area contributed by atoms with Crippen molar-refractivity contribution in [2.75, 3.05) is 7.05 Å². The zero-order valence-electron chi connectivity index (χ0n) is 11.6. The number of nitrogens with two attached hydrogens (primary N) is 1. The van der Waals surface area contributed by atoms with E-state index in [2.05, 4.69) is 0 Å². The zero-order chi connectivity index (χ0) is 13.8. The molecule has 0 bridgehead atoms. The van der Waals surface area contributed by atoms with Gasteiger partial charge >= 0.3 is 0 Å². The Morgan fingerprint density at radius 3 is 2.47 bits per heavy atom. The minimum atomic E-state index is -0.261. The number of carbonyl (C=O) groups is 1. The largest absolute Gasteiger partial charge is 0.365 e. The molecule has 1 fully saturated rings. The summed E-state index contributed by atoms with van der Waals surface area (Å²) in [5.74, 6) is 0.0762. The molecule has 1 aliphatic rings. The number of rotatable bonds is 4. The van der Waals surface area contributed by atoms with Crippen molar-refractivity contribution in [2.24, 2.45) is 5.73 Å². The molecule has 0 aliphatic carbocycles. The molecular formula is C15H22N2O2. The number of nitrogens with zero attached hydrogens (tertiary/aromatic N) is 1. The van der Waals surface area contributed by atoms with E-state index in [0.29, 0.717) is 13.1 Å². The average molecular weight is 262 g/mol. The van der Waals surface area contributed by atoms with Gasteiger partial charge < -0.3 is 15.4 Å². The highest BCUT2D eigenvalue weighted by Crippen LogP contribution is 2.21. The first-order chi connectivity index (χ1) is 9.10. The van der Waals surface area contributed by atoms with Gasteiger partial charge in [0, 0.05) is 20.1 Å². The molecule has 1 saturated heterocycles. The van der Waals surface area contributed by atoms with Crippen LogP contribution in [0, 0.1) is 0 Å². The Morgan fingerprint density at radius 2 is 1.95 bits per heavy atom. The van der Waals surface area contributed by atoms with E-state index in [4.69, 9.17) is 10.5 Å². The van der Waals surface area contributed by atoms with Crippen LogP contribution < -0.4 is 5.73 Å². The summed E-state index contributed by atoms with van der Waals surface area (Å²) in [6, 6.07) is 8.04. The SMILES string of the molecule is CC1CCC(C(=O)N(C)Cc2ccc(CN)cc2)O1. The molecule has 4 nitrogen and oxygen atoms in total. The predicted octanol–water partition coefficient (Wildman–Crippen LogP) is 1.67. The fourth-order valence-corrected chi connectivity index (χ4v) is 2.36. The topological polar surface area (TPSA) is 55.6 Å². The summed E-state index contributed by atoms with van der Waals surface area (Å²) in [5.41, 5.74) is 7.78. The fraction of sp³-hybridized carbons (Fsp3) is 0.533. The van der Waals surface area contributed by atoms with Gasteiger partial charge in [-0.1, -0.05) is 24.3 Å². The van der Waals surface area contributed by atoms with Crippen LogP contribution >= 0.6 is 0 Å². The first kappa shape index (κ1) is 14.0. The summed E-state index contributed by atoms with van der Waals surface area (Å²) in [6.07, 6.45) is 1.74. The Balaban J connectivity index is 1.92. The Morgan fingerprint density at radius 1 is 1.32 bits per heavy atom. The maximum atomic E-state index is 12.2. The second-order valence-electron chi connectivity index (χ2n) is 5.23. The molecule has 19 heavy (non-hydrogen) atoms. The van der Waals surface area contributed by atoms with E-state index < -0.39 is 0 Å². The summed E-state index contributed by atoms with van der Waals surface area (Å²) in [5, 5.41) is 0. The molecule has 2 unspecified atom stereocenters. The Kier molecular flexibility index (Phi) is 4.56. The number of amides is 1. The quantitative estimate of drug-likeness (QED) is 0.898. The third-order valence-corrected chi connectivity index (χ3v) is 3.56. The molecule has 1 amide bonds. The number of ether oxygens (including phenoxy) is 1. The third-order valence-electron chi connectivity index (χ3n) is 3.56. The molecule has 0 radical (unpaired) electrons. The van der Waals surface area contributed by atoms with Crippen molar-refractivity contribution in [1.82, 2.24) is 4.90 Å². The van der Waals surface area contributed by atoms with Crippen LogP contribution in [0.1, 0.15) is 30.9 Å². The van der Waals surface area contributed by atoms with E-state index in [1.54, 1.807) is 4.90 Å². The number of carbonyl (C=O) groups excluding carboxylic acids is 1. The van der Waals surface area contributed by atoms with Gasteiger partial charge in [-0.15, -0.1) is 0 Å². The zero-order valence-corrected chi connectivity index (χ0v) is 11.6. The van der Waals surface area contributed by atoms with Gasteiger partial charge in [0.15, 0.2) is 0 Å². The van der Waals surface area contributed by atoms with E-state index >= 15 is 0 Å². The van der Waals surface area contributed by atoms with Crippen LogP contribution in [-0.2, 0) is 22.6 Å². The highest BCUT2D eigenvalue weighted by atomic mass is 16.5. The van der Waals surface area contributed by atoms with Gasteiger partial charge in [0.2, 0.25) is 0 Å². The van der Waals surface area contributed by atoms with Gasteiger partial charge in [0.05, 0.1) is 6.10 Å². The smallest absolute Gasteiger partial charge is 0.251 e. The summed E-state index contributed by atoms with van der Waals surface area (Å²) >= 11 is 0. The molecule has 2 rings (SSSR count). The Bertz CT molecular complexity index is 430. The molecule has 1 heterocycles. The van der Waals surface area contributed by atoms with E-state index in [0.717, 1.165) is 24.0 Å². The molecule has 0 aromatic heterocycles. The van der Waals surface area contributed by atoms with E-state index in [1.807, 2.05) is 38.2 Å². The van der Waals surface area contributed by atoms with E-state index in [-0.39, 0.29) is 18.1 Å². The van der Waals surface area contributed by atoms with Crippen LogP contribution in [-0.4, -0.2) is 30.1 Å². The van der Waals surface area contributed by atoms with Crippen LogP contribution in [0.25, 0.3) is 0 Å². The average Bonchev–Trinajstić information content (AvgIpc) is 2.85. The second kappa shape index (κ2) is 6.17. The Labute approximate surface area is 114 Å². The van der Waals surface area contributed by atoms with Crippen LogP contribution in [0.15, 0.2) is 24.3 Å². The van der Waals surface area contributed by atoms with Crippen molar-refractivity contribution < 1.29 is 9.53 Å². The van der Waals surface area contributed by atoms with Gasteiger partial charge in [0.25, 0.3) is 5.91 Å². The first-order valence-corrected chi connectivity index (χ1v) is 6.78. The van der Waals surface area contributed by atoms with Crippen molar-refractivity contribution >= 4 is 5.91 Å². The van der Waals surface area contributed by atoms with Crippen molar-refractivity contribution in [1.29, 1.82) is 0 Å². The summed E-state index contributed by atoms with van der Waals surface area (Å²) in [7, 11) is 1.82. The highest BCUT2D eigenvalue weighted by molar-refractivity contribution is 5.80. The van der Waals surface area contributed by atoms with Crippen molar-refractivity contribution in [3.05, 3.63) is 35.4 Å². The molecule has 1 aromatic carbocycles. The van der Waals surface area contributed by atoms with Crippen LogP contribution in [0.2, 0.25) is 0 Å². The maximum absolute atomic E-state index is 12.2. The number of likely N-dealkylation sites (N-methyl/N-ethyl adjacent to an activating group) is 1.